The van der Waals surface area contributed by atoms with E-state index in [1.165, 1.54) is 0 Å². The normalized spacial score (nSPS) is 20.1. The molecule has 0 saturated carbocycles. The topological polar surface area (TPSA) is 91.4 Å². The Labute approximate surface area is 174 Å². The summed E-state index contributed by atoms with van der Waals surface area (Å²) in [5, 5.41) is 8.19. The van der Waals surface area contributed by atoms with Gasteiger partial charge in [-0.1, -0.05) is 0 Å². The number of nitrogens with zero attached hydrogens (tertiary/aromatic N) is 4. The lowest BCUT2D eigenvalue weighted by Gasteiger charge is -2.33. The highest BCUT2D eigenvalue weighted by atomic mass is 32.1. The maximum atomic E-state index is 12.9. The van der Waals surface area contributed by atoms with Crippen molar-refractivity contribution in [2.75, 3.05) is 39.4 Å². The van der Waals surface area contributed by atoms with Crippen molar-refractivity contribution in [1.82, 2.24) is 25.0 Å². The predicted octanol–water partition coefficient (Wildman–Crippen LogP) is 1.90. The molecular formula is C20H27N5O3S. The van der Waals surface area contributed by atoms with Gasteiger partial charge in [0.05, 0.1) is 47.8 Å². The number of ether oxygens (including phenoxy) is 1. The van der Waals surface area contributed by atoms with Crippen LogP contribution in [0.4, 0.5) is 0 Å². The van der Waals surface area contributed by atoms with E-state index < -0.39 is 0 Å². The largest absolute Gasteiger partial charge is 0.378 e. The molecule has 2 aliphatic rings. The lowest BCUT2D eigenvalue weighted by Crippen LogP contribution is -2.42. The molecule has 1 atom stereocenters. The summed E-state index contributed by atoms with van der Waals surface area (Å²) in [5.74, 6) is 0.220. The number of thiazole rings is 1. The molecule has 1 N–H and O–H groups in total. The summed E-state index contributed by atoms with van der Waals surface area (Å²) in [6.07, 6.45) is 3.87. The smallest absolute Gasteiger partial charge is 0.257 e. The van der Waals surface area contributed by atoms with Gasteiger partial charge in [0.15, 0.2) is 0 Å². The number of hydrogen-bond donors (Lipinski definition) is 1. The number of rotatable bonds is 4. The number of aromatic nitrogens is 3. The Morgan fingerprint density at radius 3 is 2.76 bits per heavy atom. The average molecular weight is 418 g/mol. The molecule has 4 rings (SSSR count). The number of aryl methyl sites for hydroxylation is 2. The van der Waals surface area contributed by atoms with Crippen LogP contribution in [-0.2, 0) is 16.0 Å². The maximum Gasteiger partial charge on any atom is 0.257 e. The summed E-state index contributed by atoms with van der Waals surface area (Å²) in [7, 11) is 0. The zero-order valence-electron chi connectivity index (χ0n) is 16.9. The zero-order valence-corrected chi connectivity index (χ0v) is 17.8. The Hall–Kier alpha value is -2.26. The molecule has 2 amide bonds. The van der Waals surface area contributed by atoms with Gasteiger partial charge in [-0.3, -0.25) is 14.7 Å². The lowest BCUT2D eigenvalue weighted by atomic mass is 9.92. The number of piperidine rings is 1. The molecule has 2 saturated heterocycles. The van der Waals surface area contributed by atoms with Crippen LogP contribution in [0.3, 0.4) is 0 Å². The number of likely N-dealkylation sites (tertiary alicyclic amines) is 1. The number of aromatic amines is 1. The first-order valence-corrected chi connectivity index (χ1v) is 11.0. The van der Waals surface area contributed by atoms with Crippen molar-refractivity contribution >= 4 is 23.2 Å². The predicted molar refractivity (Wildman–Crippen MR) is 109 cm³/mol. The first-order chi connectivity index (χ1) is 14.0. The van der Waals surface area contributed by atoms with Gasteiger partial charge in [0.2, 0.25) is 5.91 Å². The monoisotopic (exact) mass is 417 g/mol. The van der Waals surface area contributed by atoms with Crippen LogP contribution in [0.1, 0.15) is 50.4 Å². The molecule has 0 radical (unpaired) electrons. The highest BCUT2D eigenvalue weighted by molar-refractivity contribution is 7.11. The summed E-state index contributed by atoms with van der Waals surface area (Å²) in [6, 6.07) is 0. The number of morpholine rings is 1. The van der Waals surface area contributed by atoms with Crippen LogP contribution < -0.4 is 0 Å². The molecule has 4 heterocycles. The summed E-state index contributed by atoms with van der Waals surface area (Å²) < 4.78 is 5.35. The van der Waals surface area contributed by atoms with Crippen molar-refractivity contribution < 1.29 is 14.3 Å². The first kappa shape index (κ1) is 20.0. The second-order valence-electron chi connectivity index (χ2n) is 7.70. The van der Waals surface area contributed by atoms with Gasteiger partial charge in [0, 0.05) is 37.0 Å². The number of H-pyrrole nitrogens is 1. The number of nitrogens with one attached hydrogen (secondary N) is 1. The van der Waals surface area contributed by atoms with Gasteiger partial charge >= 0.3 is 0 Å². The number of hydrogen-bond acceptors (Lipinski definition) is 6. The fraction of sp³-hybridized carbons (Fsp3) is 0.600. The Bertz CT molecular complexity index is 887. The standard InChI is InChI=1S/C20H27N5O3S/c1-13-17(29-14(2)22-13)10-18(26)25-5-3-4-15(12-25)19-16(11-21-23-19)20(27)24-6-8-28-9-7-24/h11,15H,3-10,12H2,1-2H3,(H,21,23). The Morgan fingerprint density at radius 2 is 2.03 bits per heavy atom. The van der Waals surface area contributed by atoms with Gasteiger partial charge in [-0.25, -0.2) is 4.98 Å². The molecule has 2 aromatic heterocycles. The van der Waals surface area contributed by atoms with Crippen molar-refractivity contribution in [2.45, 2.75) is 39.0 Å². The second kappa shape index (κ2) is 8.62. The third-order valence-corrected chi connectivity index (χ3v) is 6.76. The van der Waals surface area contributed by atoms with Gasteiger partial charge in [0.1, 0.15) is 0 Å². The fourth-order valence-electron chi connectivity index (χ4n) is 4.14. The molecule has 0 aliphatic carbocycles. The Kier molecular flexibility index (Phi) is 5.96. The number of carbonyl (C=O) groups is 2. The van der Waals surface area contributed by atoms with Crippen molar-refractivity contribution in [3.8, 4) is 0 Å². The molecule has 9 heteroatoms. The van der Waals surface area contributed by atoms with Crippen LogP contribution in [0.25, 0.3) is 0 Å². The minimum absolute atomic E-state index is 0.00346. The molecule has 2 aliphatic heterocycles. The van der Waals surface area contributed by atoms with E-state index in [0.717, 1.165) is 40.7 Å². The summed E-state index contributed by atoms with van der Waals surface area (Å²) >= 11 is 1.59. The van der Waals surface area contributed by atoms with E-state index in [1.807, 2.05) is 23.6 Å². The van der Waals surface area contributed by atoms with Crippen LogP contribution in [0.5, 0.6) is 0 Å². The molecule has 0 bridgehead atoms. The molecule has 2 aromatic rings. The van der Waals surface area contributed by atoms with Crippen LogP contribution in [0.2, 0.25) is 0 Å². The van der Waals surface area contributed by atoms with E-state index in [1.54, 1.807) is 17.5 Å². The molecule has 1 unspecified atom stereocenters. The van der Waals surface area contributed by atoms with E-state index in [0.29, 0.717) is 44.8 Å². The van der Waals surface area contributed by atoms with Crippen LogP contribution >= 0.6 is 11.3 Å². The summed E-state index contributed by atoms with van der Waals surface area (Å²) in [6.45, 7) is 7.64. The highest BCUT2D eigenvalue weighted by Crippen LogP contribution is 2.29. The molecule has 0 spiro atoms. The van der Waals surface area contributed by atoms with E-state index in [9.17, 15) is 9.59 Å². The van der Waals surface area contributed by atoms with E-state index >= 15 is 0 Å². The SMILES string of the molecule is Cc1nc(C)c(CC(=O)N2CCCC(c3[nH]ncc3C(=O)N3CCOCC3)C2)s1. The van der Waals surface area contributed by atoms with E-state index in [2.05, 4.69) is 15.2 Å². The minimum Gasteiger partial charge on any atom is -0.378 e. The van der Waals surface area contributed by atoms with Crippen LogP contribution in [0.15, 0.2) is 6.20 Å². The van der Waals surface area contributed by atoms with Crippen LogP contribution in [-0.4, -0.2) is 76.2 Å². The van der Waals surface area contributed by atoms with Crippen molar-refractivity contribution in [3.63, 3.8) is 0 Å². The summed E-state index contributed by atoms with van der Waals surface area (Å²) in [4.78, 5) is 35.1. The van der Waals surface area contributed by atoms with Crippen molar-refractivity contribution in [3.05, 3.63) is 33.0 Å². The quantitative estimate of drug-likeness (QED) is 0.820. The summed E-state index contributed by atoms with van der Waals surface area (Å²) in [5.41, 5.74) is 2.42. The highest BCUT2D eigenvalue weighted by Gasteiger charge is 2.31. The van der Waals surface area contributed by atoms with Crippen LogP contribution in [0, 0.1) is 13.8 Å². The van der Waals surface area contributed by atoms with Gasteiger partial charge in [0.25, 0.3) is 5.91 Å². The van der Waals surface area contributed by atoms with Gasteiger partial charge in [-0.2, -0.15) is 5.10 Å². The van der Waals surface area contributed by atoms with Gasteiger partial charge in [-0.15, -0.1) is 11.3 Å². The lowest BCUT2D eigenvalue weighted by molar-refractivity contribution is -0.131. The molecule has 0 aromatic carbocycles. The molecule has 2 fully saturated rings. The molecule has 156 valence electrons. The number of carbonyl (C=O) groups excluding carboxylic acids is 2. The first-order valence-electron chi connectivity index (χ1n) is 10.1. The molecule has 8 nitrogen and oxygen atoms in total. The van der Waals surface area contributed by atoms with Crippen molar-refractivity contribution in [1.29, 1.82) is 0 Å². The average Bonchev–Trinajstić information content (AvgIpc) is 3.34. The van der Waals surface area contributed by atoms with Crippen molar-refractivity contribution in [2.24, 2.45) is 0 Å². The fourth-order valence-corrected chi connectivity index (χ4v) is 5.07. The van der Waals surface area contributed by atoms with E-state index in [-0.39, 0.29) is 17.7 Å². The Balaban J connectivity index is 1.45. The molecule has 29 heavy (non-hydrogen) atoms. The molecular weight excluding hydrogens is 390 g/mol. The second-order valence-corrected chi connectivity index (χ2v) is 8.99. The number of amides is 2. The maximum absolute atomic E-state index is 12.9. The van der Waals surface area contributed by atoms with Gasteiger partial charge in [-0.05, 0) is 26.7 Å². The third-order valence-electron chi connectivity index (χ3n) is 5.69. The third kappa shape index (κ3) is 4.35. The van der Waals surface area contributed by atoms with Gasteiger partial charge < -0.3 is 14.5 Å². The van der Waals surface area contributed by atoms with E-state index in [4.69, 9.17) is 4.74 Å². The minimum atomic E-state index is -0.00346. The zero-order chi connectivity index (χ0) is 20.4. The Morgan fingerprint density at radius 1 is 1.24 bits per heavy atom.